The van der Waals surface area contributed by atoms with Crippen LogP contribution in [0.15, 0.2) is 71.4 Å². The minimum absolute atomic E-state index is 0.0348. The summed E-state index contributed by atoms with van der Waals surface area (Å²) in [6, 6.07) is 20.5. The number of nitrogens with zero attached hydrogens (tertiary/aromatic N) is 1. The van der Waals surface area contributed by atoms with Gasteiger partial charge in [0.15, 0.2) is 0 Å². The lowest BCUT2D eigenvalue weighted by Crippen LogP contribution is -2.27. The Morgan fingerprint density at radius 3 is 2.61 bits per heavy atom. The van der Waals surface area contributed by atoms with Crippen molar-refractivity contribution in [2.45, 2.75) is 19.8 Å². The van der Waals surface area contributed by atoms with E-state index in [9.17, 15) is 4.79 Å². The number of carbonyl (C=O) groups excluding carboxylic acids is 1. The molecule has 140 valence electrons. The molecule has 0 fully saturated rings. The first-order valence-electron chi connectivity index (χ1n) is 9.44. The summed E-state index contributed by atoms with van der Waals surface area (Å²) in [5, 5.41) is 8.33. The molecule has 4 heteroatoms. The van der Waals surface area contributed by atoms with Crippen molar-refractivity contribution in [1.29, 1.82) is 0 Å². The van der Waals surface area contributed by atoms with Crippen LogP contribution in [0, 0.1) is 6.92 Å². The zero-order chi connectivity index (χ0) is 19.3. The topological polar surface area (TPSA) is 42.0 Å². The van der Waals surface area contributed by atoms with Gasteiger partial charge in [-0.05, 0) is 58.5 Å². The van der Waals surface area contributed by atoms with Crippen molar-refractivity contribution < 1.29 is 4.79 Å². The molecule has 0 bridgehead atoms. The van der Waals surface area contributed by atoms with Gasteiger partial charge in [0.25, 0.3) is 0 Å². The first-order chi connectivity index (χ1) is 13.7. The van der Waals surface area contributed by atoms with E-state index in [0.29, 0.717) is 13.0 Å². The first-order valence-corrected chi connectivity index (χ1v) is 10.4. The van der Waals surface area contributed by atoms with E-state index in [1.165, 1.54) is 5.56 Å². The maximum atomic E-state index is 12.7. The van der Waals surface area contributed by atoms with Gasteiger partial charge in [0.2, 0.25) is 5.91 Å². The van der Waals surface area contributed by atoms with Crippen LogP contribution in [0.4, 0.5) is 0 Å². The Labute approximate surface area is 169 Å². The minimum atomic E-state index is 0.0348. The van der Waals surface area contributed by atoms with Gasteiger partial charge in [-0.2, -0.15) is 11.3 Å². The summed E-state index contributed by atoms with van der Waals surface area (Å²) in [4.78, 5) is 17.4. The number of benzene rings is 2. The fraction of sp³-hybridized carbons (Fsp3) is 0.167. The highest BCUT2D eigenvalue weighted by Gasteiger charge is 2.17. The molecule has 4 aromatic rings. The summed E-state index contributed by atoms with van der Waals surface area (Å²) < 4.78 is 0. The van der Waals surface area contributed by atoms with Crippen LogP contribution in [0.25, 0.3) is 22.0 Å². The predicted molar refractivity (Wildman–Crippen MR) is 117 cm³/mol. The highest BCUT2D eigenvalue weighted by atomic mass is 32.1. The number of pyridine rings is 1. The lowest BCUT2D eigenvalue weighted by atomic mass is 9.92. The molecular formula is C24H22N2OS. The van der Waals surface area contributed by atoms with Crippen LogP contribution in [0.5, 0.6) is 0 Å². The average Bonchev–Trinajstić information content (AvgIpc) is 3.23. The molecular weight excluding hydrogens is 364 g/mol. The maximum Gasteiger partial charge on any atom is 0.224 e. The summed E-state index contributed by atoms with van der Waals surface area (Å²) in [5.41, 5.74) is 6.35. The van der Waals surface area contributed by atoms with E-state index in [0.717, 1.165) is 39.7 Å². The molecule has 0 saturated heterocycles. The third-order valence-corrected chi connectivity index (χ3v) is 5.65. The molecule has 2 heterocycles. The van der Waals surface area contributed by atoms with E-state index in [4.69, 9.17) is 4.98 Å². The molecule has 0 spiro atoms. The second-order valence-electron chi connectivity index (χ2n) is 6.84. The van der Waals surface area contributed by atoms with Crippen LogP contribution in [-0.2, 0) is 17.6 Å². The molecule has 0 radical (unpaired) electrons. The second kappa shape index (κ2) is 8.36. The molecule has 1 amide bonds. The molecule has 4 rings (SSSR count). The lowest BCUT2D eigenvalue weighted by Gasteiger charge is -2.16. The molecule has 3 nitrogen and oxygen atoms in total. The number of rotatable bonds is 6. The molecule has 0 atom stereocenters. The number of aryl methyl sites for hydroxylation is 1. The number of amides is 1. The monoisotopic (exact) mass is 386 g/mol. The number of para-hydroxylation sites is 1. The van der Waals surface area contributed by atoms with Crippen molar-refractivity contribution in [2.75, 3.05) is 6.54 Å². The normalized spacial score (nSPS) is 10.9. The van der Waals surface area contributed by atoms with Gasteiger partial charge in [-0.1, -0.05) is 48.5 Å². The molecule has 0 unspecified atom stereocenters. The fourth-order valence-electron chi connectivity index (χ4n) is 3.53. The van der Waals surface area contributed by atoms with Crippen LogP contribution in [0.2, 0.25) is 0 Å². The molecule has 28 heavy (non-hydrogen) atoms. The van der Waals surface area contributed by atoms with Crippen LogP contribution >= 0.6 is 11.3 Å². The number of aromatic nitrogens is 1. The number of hydrogen-bond acceptors (Lipinski definition) is 3. The quantitative estimate of drug-likeness (QED) is 0.496. The number of thiophene rings is 1. The van der Waals surface area contributed by atoms with Crippen molar-refractivity contribution in [3.8, 4) is 11.1 Å². The molecule has 0 aliphatic rings. The molecule has 0 aliphatic carbocycles. The Bertz CT molecular complexity index is 1090. The molecule has 1 N–H and O–H groups in total. The fourth-order valence-corrected chi connectivity index (χ4v) is 4.23. The molecule has 2 aromatic heterocycles. The van der Waals surface area contributed by atoms with Crippen molar-refractivity contribution in [3.05, 3.63) is 88.2 Å². The summed E-state index contributed by atoms with van der Waals surface area (Å²) >= 11 is 1.68. The average molecular weight is 387 g/mol. The van der Waals surface area contributed by atoms with Gasteiger partial charge in [0.05, 0.1) is 11.9 Å². The standard InChI is InChI=1S/C24H22N2OS/c1-17-21(15-23(27)25-13-11-18-12-14-28-16-18)24(19-7-3-2-4-8-19)20-9-5-6-10-22(20)26-17/h2-10,12,14,16H,11,13,15H2,1H3,(H,25,27). The number of nitrogens with one attached hydrogen (secondary N) is 1. The van der Waals surface area contributed by atoms with Crippen LogP contribution in [-0.4, -0.2) is 17.4 Å². The van der Waals surface area contributed by atoms with Gasteiger partial charge < -0.3 is 5.32 Å². The van der Waals surface area contributed by atoms with Crippen molar-refractivity contribution in [2.24, 2.45) is 0 Å². The summed E-state index contributed by atoms with van der Waals surface area (Å²) in [6.07, 6.45) is 1.19. The Balaban J connectivity index is 1.64. The van der Waals surface area contributed by atoms with E-state index >= 15 is 0 Å². The van der Waals surface area contributed by atoms with Crippen LogP contribution < -0.4 is 5.32 Å². The summed E-state index contributed by atoms with van der Waals surface area (Å²) in [5.74, 6) is 0.0348. The van der Waals surface area contributed by atoms with Crippen molar-refractivity contribution in [3.63, 3.8) is 0 Å². The predicted octanol–water partition coefficient (Wildman–Crippen LogP) is 5.17. The Kier molecular flexibility index (Phi) is 5.49. The summed E-state index contributed by atoms with van der Waals surface area (Å²) in [6.45, 7) is 2.64. The molecule has 2 aromatic carbocycles. The van der Waals surface area contributed by atoms with Gasteiger partial charge >= 0.3 is 0 Å². The number of carbonyl (C=O) groups is 1. The van der Waals surface area contributed by atoms with E-state index in [1.54, 1.807) is 11.3 Å². The van der Waals surface area contributed by atoms with Gasteiger partial charge in [0, 0.05) is 17.6 Å². The van der Waals surface area contributed by atoms with Crippen molar-refractivity contribution >= 4 is 28.1 Å². The van der Waals surface area contributed by atoms with Crippen LogP contribution in [0.1, 0.15) is 16.8 Å². The lowest BCUT2D eigenvalue weighted by molar-refractivity contribution is -0.120. The minimum Gasteiger partial charge on any atom is -0.355 e. The SMILES string of the molecule is Cc1nc2ccccc2c(-c2ccccc2)c1CC(=O)NCCc1ccsc1. The van der Waals surface area contributed by atoms with Gasteiger partial charge in [-0.25, -0.2) is 0 Å². The maximum absolute atomic E-state index is 12.7. The summed E-state index contributed by atoms with van der Waals surface area (Å²) in [7, 11) is 0. The van der Waals surface area contributed by atoms with Gasteiger partial charge in [0.1, 0.15) is 0 Å². The van der Waals surface area contributed by atoms with Gasteiger partial charge in [-0.3, -0.25) is 9.78 Å². The van der Waals surface area contributed by atoms with E-state index in [-0.39, 0.29) is 5.91 Å². The zero-order valence-electron chi connectivity index (χ0n) is 15.8. The second-order valence-corrected chi connectivity index (χ2v) is 7.62. The Morgan fingerprint density at radius 1 is 1.04 bits per heavy atom. The highest BCUT2D eigenvalue weighted by Crippen LogP contribution is 2.33. The van der Waals surface area contributed by atoms with Gasteiger partial charge in [-0.15, -0.1) is 0 Å². The molecule has 0 aliphatic heterocycles. The third-order valence-electron chi connectivity index (χ3n) is 4.92. The van der Waals surface area contributed by atoms with E-state index in [1.807, 2.05) is 43.3 Å². The van der Waals surface area contributed by atoms with E-state index in [2.05, 4.69) is 40.3 Å². The number of fused-ring (bicyclic) bond motifs is 1. The smallest absolute Gasteiger partial charge is 0.224 e. The Hall–Kier alpha value is -2.98. The third kappa shape index (κ3) is 3.97. The number of hydrogen-bond donors (Lipinski definition) is 1. The first kappa shape index (κ1) is 18.4. The van der Waals surface area contributed by atoms with E-state index < -0.39 is 0 Å². The Morgan fingerprint density at radius 2 is 1.82 bits per heavy atom. The zero-order valence-corrected chi connectivity index (χ0v) is 16.6. The molecule has 0 saturated carbocycles. The largest absolute Gasteiger partial charge is 0.355 e. The highest BCUT2D eigenvalue weighted by molar-refractivity contribution is 7.07. The van der Waals surface area contributed by atoms with Crippen molar-refractivity contribution in [1.82, 2.24) is 10.3 Å². The van der Waals surface area contributed by atoms with Crippen LogP contribution in [0.3, 0.4) is 0 Å².